The number of nitrogens with zero attached hydrogens (tertiary/aromatic N) is 2. The molecule has 3 N–H and O–H groups in total. The predicted molar refractivity (Wildman–Crippen MR) is 107 cm³/mol. The molecule has 2 saturated heterocycles. The van der Waals surface area contributed by atoms with E-state index in [0.717, 1.165) is 37.4 Å². The van der Waals surface area contributed by atoms with E-state index in [0.29, 0.717) is 39.1 Å². The molecular formula is C19H29ClN4O3. The first-order valence-electron chi connectivity index (χ1n) is 9.45. The van der Waals surface area contributed by atoms with Gasteiger partial charge >= 0.3 is 6.03 Å². The zero-order valence-corrected chi connectivity index (χ0v) is 16.4. The maximum atomic E-state index is 12.5. The van der Waals surface area contributed by atoms with Gasteiger partial charge in [0, 0.05) is 44.3 Å². The zero-order chi connectivity index (χ0) is 18.4. The lowest BCUT2D eigenvalue weighted by atomic mass is 9.96. The number of anilines is 1. The van der Waals surface area contributed by atoms with Crippen LogP contribution in [0.3, 0.4) is 0 Å². The zero-order valence-electron chi connectivity index (χ0n) is 15.6. The molecule has 0 aliphatic carbocycles. The third-order valence-corrected chi connectivity index (χ3v) is 5.02. The van der Waals surface area contributed by atoms with Crippen molar-refractivity contribution in [3.63, 3.8) is 0 Å². The number of nitrogens with one attached hydrogen (secondary N) is 1. The molecule has 0 spiro atoms. The van der Waals surface area contributed by atoms with Gasteiger partial charge in [0.1, 0.15) is 12.4 Å². The Balaban J connectivity index is 0.00000261. The highest BCUT2D eigenvalue weighted by Crippen LogP contribution is 2.22. The fraction of sp³-hybridized carbons (Fsp3) is 0.579. The number of nitrogens with two attached hydrogens (primary N) is 1. The smallest absolute Gasteiger partial charge is 0.319 e. The monoisotopic (exact) mass is 396 g/mol. The van der Waals surface area contributed by atoms with Crippen molar-refractivity contribution in [1.82, 2.24) is 9.80 Å². The molecule has 0 saturated carbocycles. The second-order valence-electron chi connectivity index (χ2n) is 6.89. The van der Waals surface area contributed by atoms with Crippen LogP contribution < -0.4 is 15.8 Å². The van der Waals surface area contributed by atoms with Crippen LogP contribution in [0, 0.1) is 5.92 Å². The van der Waals surface area contributed by atoms with Crippen LogP contribution in [0.25, 0.3) is 0 Å². The van der Waals surface area contributed by atoms with Gasteiger partial charge in [-0.1, -0.05) is 0 Å². The second kappa shape index (κ2) is 10.4. The number of likely N-dealkylation sites (tertiary alicyclic amines) is 2. The Kier molecular flexibility index (Phi) is 8.19. The van der Waals surface area contributed by atoms with Gasteiger partial charge in [0.25, 0.3) is 0 Å². The van der Waals surface area contributed by atoms with E-state index >= 15 is 0 Å². The Morgan fingerprint density at radius 2 is 1.63 bits per heavy atom. The van der Waals surface area contributed by atoms with Crippen LogP contribution in [-0.2, 0) is 4.79 Å². The summed E-state index contributed by atoms with van der Waals surface area (Å²) in [6, 6.07) is 7.44. The number of hydrogen-bond donors (Lipinski definition) is 2. The average molecular weight is 397 g/mol. The molecule has 0 unspecified atom stereocenters. The number of hydrogen-bond acceptors (Lipinski definition) is 4. The van der Waals surface area contributed by atoms with Gasteiger partial charge in [-0.25, -0.2) is 4.79 Å². The third-order valence-electron chi connectivity index (χ3n) is 5.02. The quantitative estimate of drug-likeness (QED) is 0.799. The summed E-state index contributed by atoms with van der Waals surface area (Å²) in [5, 5.41) is 2.96. The molecule has 0 bridgehead atoms. The van der Waals surface area contributed by atoms with Crippen LogP contribution in [0.5, 0.6) is 5.75 Å². The minimum Gasteiger partial charge on any atom is -0.492 e. The standard InChI is InChI=1S/C19H28N4O3.ClH/c20-9-14-26-17-5-3-16(4-6-17)21-18(24)15-7-12-23(13-8-15)19(25)22-10-1-2-11-22;/h3-6,15H,1-2,7-14,20H2,(H,21,24);1H. The van der Waals surface area contributed by atoms with Crippen molar-refractivity contribution in [2.45, 2.75) is 25.7 Å². The van der Waals surface area contributed by atoms with Crippen LogP contribution in [-0.4, -0.2) is 61.1 Å². The number of ether oxygens (including phenoxy) is 1. The van der Waals surface area contributed by atoms with E-state index in [1.54, 1.807) is 0 Å². The minimum atomic E-state index is -0.0502. The van der Waals surface area contributed by atoms with Crippen molar-refractivity contribution in [3.05, 3.63) is 24.3 Å². The highest BCUT2D eigenvalue weighted by molar-refractivity contribution is 5.92. The van der Waals surface area contributed by atoms with Crippen LogP contribution in [0.2, 0.25) is 0 Å². The molecule has 2 fully saturated rings. The molecule has 27 heavy (non-hydrogen) atoms. The predicted octanol–water partition coefficient (Wildman–Crippen LogP) is 2.31. The van der Waals surface area contributed by atoms with E-state index in [1.165, 1.54) is 0 Å². The van der Waals surface area contributed by atoms with E-state index < -0.39 is 0 Å². The average Bonchev–Trinajstić information content (AvgIpc) is 3.22. The molecule has 3 rings (SSSR count). The van der Waals surface area contributed by atoms with Crippen molar-refractivity contribution in [3.8, 4) is 5.75 Å². The minimum absolute atomic E-state index is 0. The maximum absolute atomic E-state index is 12.5. The molecule has 0 atom stereocenters. The number of benzene rings is 1. The second-order valence-corrected chi connectivity index (χ2v) is 6.89. The fourth-order valence-electron chi connectivity index (χ4n) is 3.50. The summed E-state index contributed by atoms with van der Waals surface area (Å²) in [5.74, 6) is 0.710. The van der Waals surface area contributed by atoms with Gasteiger partial charge in [0.05, 0.1) is 0 Å². The first kappa shape index (κ1) is 21.3. The van der Waals surface area contributed by atoms with Gasteiger partial charge in [0.2, 0.25) is 5.91 Å². The normalized spacial score (nSPS) is 17.4. The molecule has 0 radical (unpaired) electrons. The van der Waals surface area contributed by atoms with Crippen molar-refractivity contribution in [2.75, 3.05) is 44.6 Å². The SMILES string of the molecule is Cl.NCCOc1ccc(NC(=O)C2CCN(C(=O)N3CCCC3)CC2)cc1. The van der Waals surface area contributed by atoms with Crippen LogP contribution in [0.1, 0.15) is 25.7 Å². The topological polar surface area (TPSA) is 87.9 Å². The molecule has 2 heterocycles. The molecule has 8 heteroatoms. The summed E-state index contributed by atoms with van der Waals surface area (Å²) in [4.78, 5) is 28.7. The summed E-state index contributed by atoms with van der Waals surface area (Å²) in [7, 11) is 0. The summed E-state index contributed by atoms with van der Waals surface area (Å²) in [6.07, 6.45) is 3.62. The van der Waals surface area contributed by atoms with Gasteiger partial charge in [-0.15, -0.1) is 12.4 Å². The molecule has 2 aliphatic heterocycles. The Morgan fingerprint density at radius 1 is 1.04 bits per heavy atom. The highest BCUT2D eigenvalue weighted by atomic mass is 35.5. The molecule has 2 aliphatic rings. The van der Waals surface area contributed by atoms with Crippen molar-refractivity contribution >= 4 is 30.0 Å². The number of piperidine rings is 1. The van der Waals surface area contributed by atoms with Crippen LogP contribution in [0.4, 0.5) is 10.5 Å². The fourth-order valence-corrected chi connectivity index (χ4v) is 3.50. The number of carbonyl (C=O) groups is 2. The molecule has 1 aromatic rings. The van der Waals surface area contributed by atoms with Crippen molar-refractivity contribution < 1.29 is 14.3 Å². The first-order chi connectivity index (χ1) is 12.7. The summed E-state index contributed by atoms with van der Waals surface area (Å²) in [6.45, 7) is 3.98. The first-order valence-corrected chi connectivity index (χ1v) is 9.45. The number of urea groups is 1. The van der Waals surface area contributed by atoms with Gasteiger partial charge in [-0.3, -0.25) is 4.79 Å². The van der Waals surface area contributed by atoms with Crippen LogP contribution in [0.15, 0.2) is 24.3 Å². The van der Waals surface area contributed by atoms with Crippen molar-refractivity contribution in [1.29, 1.82) is 0 Å². The lowest BCUT2D eigenvalue weighted by Crippen LogP contribution is -2.47. The molecule has 0 aromatic heterocycles. The summed E-state index contributed by atoms with van der Waals surface area (Å²) in [5.41, 5.74) is 6.16. The number of halogens is 1. The van der Waals surface area contributed by atoms with E-state index in [9.17, 15) is 9.59 Å². The molecular weight excluding hydrogens is 368 g/mol. The van der Waals surface area contributed by atoms with Gasteiger partial charge in [0.15, 0.2) is 0 Å². The number of amides is 3. The van der Waals surface area contributed by atoms with Gasteiger partial charge in [-0.2, -0.15) is 0 Å². The largest absolute Gasteiger partial charge is 0.492 e. The van der Waals surface area contributed by atoms with Crippen LogP contribution >= 0.6 is 12.4 Å². The molecule has 7 nitrogen and oxygen atoms in total. The summed E-state index contributed by atoms with van der Waals surface area (Å²) >= 11 is 0. The Morgan fingerprint density at radius 3 is 2.22 bits per heavy atom. The Hall–Kier alpha value is -1.99. The van der Waals surface area contributed by atoms with E-state index in [-0.39, 0.29) is 30.3 Å². The van der Waals surface area contributed by atoms with Crippen molar-refractivity contribution in [2.24, 2.45) is 11.7 Å². The maximum Gasteiger partial charge on any atom is 0.319 e. The van der Waals surface area contributed by atoms with E-state index in [4.69, 9.17) is 10.5 Å². The molecule has 150 valence electrons. The highest BCUT2D eigenvalue weighted by Gasteiger charge is 2.30. The molecule has 1 aromatic carbocycles. The Bertz CT molecular complexity index is 612. The lowest BCUT2D eigenvalue weighted by Gasteiger charge is -2.34. The third kappa shape index (κ3) is 5.74. The number of carbonyl (C=O) groups excluding carboxylic acids is 2. The van der Waals surface area contributed by atoms with Gasteiger partial charge in [-0.05, 0) is 49.9 Å². The van der Waals surface area contributed by atoms with E-state index in [1.807, 2.05) is 34.1 Å². The number of rotatable bonds is 5. The molecule has 3 amide bonds. The summed E-state index contributed by atoms with van der Waals surface area (Å²) < 4.78 is 5.43. The lowest BCUT2D eigenvalue weighted by molar-refractivity contribution is -0.121. The Labute approximate surface area is 166 Å². The van der Waals surface area contributed by atoms with Gasteiger partial charge < -0.3 is 25.6 Å². The van der Waals surface area contributed by atoms with E-state index in [2.05, 4.69) is 5.32 Å².